The Hall–Kier alpha value is -4.67. The number of anilines is 2. The summed E-state index contributed by atoms with van der Waals surface area (Å²) in [7, 11) is 0. The van der Waals surface area contributed by atoms with E-state index in [1.165, 1.54) is 0 Å². The van der Waals surface area contributed by atoms with Gasteiger partial charge in [0.15, 0.2) is 0 Å². The van der Waals surface area contributed by atoms with Crippen LogP contribution in [0.3, 0.4) is 0 Å². The molecule has 4 aromatic rings. The molecule has 1 aliphatic heterocycles. The first-order valence-corrected chi connectivity index (χ1v) is 12.3. The zero-order valence-corrected chi connectivity index (χ0v) is 21.6. The standard InChI is InChI=1S/C27H29N7O4/c1-16-12-28-25(36)22-11-17-9-10-21(31-23(17)34(16)22)24(35)30-19-13-29-33(15-19)14-18-7-5-6-8-20(18)32-26(37)38-27(2,3)4/h5-11,13,15-16H,12,14H2,1-4H3,(H,28,36)(H,30,35)(H,32,37)/t16-/m1/s1. The number of hydrogen-bond donors (Lipinski definition) is 3. The van der Waals surface area contributed by atoms with Gasteiger partial charge in [0, 0.05) is 23.8 Å². The number of fused-ring (bicyclic) bond motifs is 3. The quantitative estimate of drug-likeness (QED) is 0.365. The van der Waals surface area contributed by atoms with Crippen molar-refractivity contribution < 1.29 is 19.1 Å². The highest BCUT2D eigenvalue weighted by Crippen LogP contribution is 2.26. The maximum Gasteiger partial charge on any atom is 0.412 e. The molecule has 0 bridgehead atoms. The molecule has 0 fully saturated rings. The molecule has 4 heterocycles. The van der Waals surface area contributed by atoms with Gasteiger partial charge in [-0.15, -0.1) is 0 Å². The van der Waals surface area contributed by atoms with E-state index in [0.29, 0.717) is 35.8 Å². The SMILES string of the molecule is C[C@@H]1CNC(=O)c2cc3ccc(C(=O)Nc4cnn(Cc5ccccc5NC(=O)OC(C)(C)C)c4)nc3n21. The van der Waals surface area contributed by atoms with Crippen molar-refractivity contribution >= 4 is 40.3 Å². The molecule has 3 aromatic heterocycles. The van der Waals surface area contributed by atoms with Crippen molar-refractivity contribution in [3.63, 3.8) is 0 Å². The Balaban J connectivity index is 1.30. The summed E-state index contributed by atoms with van der Waals surface area (Å²) in [6, 6.07) is 12.6. The van der Waals surface area contributed by atoms with Gasteiger partial charge in [-0.1, -0.05) is 18.2 Å². The Kier molecular flexibility index (Phi) is 6.35. The average molecular weight is 516 g/mol. The van der Waals surface area contributed by atoms with E-state index in [1.807, 2.05) is 29.7 Å². The topological polar surface area (TPSA) is 132 Å². The Labute approximate surface area is 219 Å². The van der Waals surface area contributed by atoms with E-state index < -0.39 is 11.7 Å². The number of aromatic nitrogens is 4. The van der Waals surface area contributed by atoms with Gasteiger partial charge in [-0.05, 0) is 57.5 Å². The van der Waals surface area contributed by atoms with Gasteiger partial charge in [0.05, 0.1) is 24.5 Å². The molecule has 11 heteroatoms. The predicted molar refractivity (Wildman–Crippen MR) is 142 cm³/mol. The fraction of sp³-hybridized carbons (Fsp3) is 0.296. The minimum Gasteiger partial charge on any atom is -0.444 e. The Morgan fingerprint density at radius 3 is 2.74 bits per heavy atom. The van der Waals surface area contributed by atoms with Crippen molar-refractivity contribution in [1.82, 2.24) is 24.6 Å². The average Bonchev–Trinajstić information content (AvgIpc) is 3.46. The van der Waals surface area contributed by atoms with Gasteiger partial charge in [0.25, 0.3) is 11.8 Å². The lowest BCUT2D eigenvalue weighted by molar-refractivity contribution is 0.0635. The van der Waals surface area contributed by atoms with Crippen LogP contribution in [-0.4, -0.2) is 49.4 Å². The van der Waals surface area contributed by atoms with Gasteiger partial charge in [-0.2, -0.15) is 5.10 Å². The summed E-state index contributed by atoms with van der Waals surface area (Å²) in [6.07, 6.45) is 2.71. The molecule has 0 aliphatic carbocycles. The number of carbonyl (C=O) groups is 3. The van der Waals surface area contributed by atoms with E-state index in [2.05, 4.69) is 26.0 Å². The lowest BCUT2D eigenvalue weighted by atomic mass is 10.2. The molecule has 5 rings (SSSR count). The number of amides is 3. The van der Waals surface area contributed by atoms with E-state index in [-0.39, 0.29) is 23.6 Å². The number of para-hydroxylation sites is 1. The van der Waals surface area contributed by atoms with Crippen LogP contribution in [0, 0.1) is 0 Å². The first-order valence-electron chi connectivity index (χ1n) is 12.3. The Morgan fingerprint density at radius 1 is 1.16 bits per heavy atom. The molecule has 3 amide bonds. The normalized spacial score (nSPS) is 15.1. The highest BCUT2D eigenvalue weighted by atomic mass is 16.6. The highest BCUT2D eigenvalue weighted by molar-refractivity contribution is 6.05. The number of carbonyl (C=O) groups excluding carboxylic acids is 3. The molecule has 1 aromatic carbocycles. The summed E-state index contributed by atoms with van der Waals surface area (Å²) >= 11 is 0. The second kappa shape index (κ2) is 9.66. The smallest absolute Gasteiger partial charge is 0.412 e. The van der Waals surface area contributed by atoms with Gasteiger partial charge >= 0.3 is 6.09 Å². The maximum atomic E-state index is 13.0. The molecule has 0 unspecified atom stereocenters. The predicted octanol–water partition coefficient (Wildman–Crippen LogP) is 4.18. The van der Waals surface area contributed by atoms with E-state index in [0.717, 1.165) is 10.9 Å². The van der Waals surface area contributed by atoms with Crippen molar-refractivity contribution in [2.24, 2.45) is 0 Å². The van der Waals surface area contributed by atoms with Crippen LogP contribution in [0.4, 0.5) is 16.2 Å². The third-order valence-electron chi connectivity index (χ3n) is 6.03. The maximum absolute atomic E-state index is 13.0. The molecular formula is C27H29N7O4. The summed E-state index contributed by atoms with van der Waals surface area (Å²) in [5.41, 5.74) is 2.68. The first kappa shape index (κ1) is 25.0. The number of rotatable bonds is 5. The number of benzene rings is 1. The van der Waals surface area contributed by atoms with Gasteiger partial charge in [-0.3, -0.25) is 19.6 Å². The van der Waals surface area contributed by atoms with Crippen molar-refractivity contribution in [3.05, 3.63) is 71.8 Å². The minimum absolute atomic E-state index is 0.0249. The molecule has 1 aliphatic rings. The van der Waals surface area contributed by atoms with Gasteiger partial charge in [0.2, 0.25) is 0 Å². The monoisotopic (exact) mass is 515 g/mol. The van der Waals surface area contributed by atoms with E-state index in [4.69, 9.17) is 4.74 Å². The van der Waals surface area contributed by atoms with Crippen molar-refractivity contribution in [1.29, 1.82) is 0 Å². The van der Waals surface area contributed by atoms with E-state index in [9.17, 15) is 14.4 Å². The zero-order chi connectivity index (χ0) is 27.0. The van der Waals surface area contributed by atoms with E-state index >= 15 is 0 Å². The van der Waals surface area contributed by atoms with Crippen LogP contribution in [0.1, 0.15) is 60.3 Å². The van der Waals surface area contributed by atoms with Gasteiger partial charge in [0.1, 0.15) is 22.6 Å². The van der Waals surface area contributed by atoms with Crippen LogP contribution in [0.25, 0.3) is 11.0 Å². The molecule has 3 N–H and O–H groups in total. The third kappa shape index (κ3) is 5.22. The Bertz CT molecular complexity index is 1550. The fourth-order valence-corrected chi connectivity index (χ4v) is 4.34. The second-order valence-corrected chi connectivity index (χ2v) is 10.2. The van der Waals surface area contributed by atoms with Crippen LogP contribution in [0.2, 0.25) is 0 Å². The lowest BCUT2D eigenvalue weighted by Gasteiger charge is -2.23. The molecule has 0 saturated heterocycles. The summed E-state index contributed by atoms with van der Waals surface area (Å²) < 4.78 is 8.88. The van der Waals surface area contributed by atoms with Gasteiger partial charge in [-0.25, -0.2) is 9.78 Å². The zero-order valence-electron chi connectivity index (χ0n) is 21.6. The molecular weight excluding hydrogens is 486 g/mol. The first-order chi connectivity index (χ1) is 18.1. The van der Waals surface area contributed by atoms with Crippen molar-refractivity contribution in [2.75, 3.05) is 17.2 Å². The van der Waals surface area contributed by atoms with Crippen LogP contribution in [-0.2, 0) is 11.3 Å². The largest absolute Gasteiger partial charge is 0.444 e. The summed E-state index contributed by atoms with van der Waals surface area (Å²) in [5.74, 6) is -0.538. The third-order valence-corrected chi connectivity index (χ3v) is 6.03. The molecule has 0 radical (unpaired) electrons. The number of ether oxygens (including phenoxy) is 1. The molecule has 38 heavy (non-hydrogen) atoms. The number of hydrogen-bond acceptors (Lipinski definition) is 6. The molecule has 1 atom stereocenters. The van der Waals surface area contributed by atoms with Crippen molar-refractivity contribution in [3.8, 4) is 0 Å². The van der Waals surface area contributed by atoms with Crippen LogP contribution < -0.4 is 16.0 Å². The van der Waals surface area contributed by atoms with Crippen LogP contribution >= 0.6 is 0 Å². The Morgan fingerprint density at radius 2 is 1.95 bits per heavy atom. The summed E-state index contributed by atoms with van der Waals surface area (Å²) in [4.78, 5) is 42.0. The molecule has 0 spiro atoms. The summed E-state index contributed by atoms with van der Waals surface area (Å²) in [6.45, 7) is 8.27. The highest BCUT2D eigenvalue weighted by Gasteiger charge is 2.26. The second-order valence-electron chi connectivity index (χ2n) is 10.2. The molecule has 0 saturated carbocycles. The summed E-state index contributed by atoms with van der Waals surface area (Å²) in [5, 5.41) is 13.6. The number of nitrogens with zero attached hydrogens (tertiary/aromatic N) is 4. The van der Waals surface area contributed by atoms with Crippen LogP contribution in [0.5, 0.6) is 0 Å². The van der Waals surface area contributed by atoms with Crippen molar-refractivity contribution in [2.45, 2.75) is 45.9 Å². The van der Waals surface area contributed by atoms with Gasteiger partial charge < -0.3 is 19.9 Å². The van der Waals surface area contributed by atoms with E-state index in [1.54, 1.807) is 62.1 Å². The lowest BCUT2D eigenvalue weighted by Crippen LogP contribution is -2.37. The number of nitrogens with one attached hydrogen (secondary N) is 3. The minimum atomic E-state index is -0.610. The molecule has 196 valence electrons. The fourth-order valence-electron chi connectivity index (χ4n) is 4.34. The van der Waals surface area contributed by atoms with Crippen LogP contribution in [0.15, 0.2) is 54.9 Å². The number of pyridine rings is 1. The molecule has 11 nitrogen and oxygen atoms in total.